The van der Waals surface area contributed by atoms with Gasteiger partial charge in [-0.05, 0) is 27.2 Å². The Morgan fingerprint density at radius 2 is 2.00 bits per heavy atom. The van der Waals surface area contributed by atoms with Crippen molar-refractivity contribution in [3.05, 3.63) is 11.6 Å². The first kappa shape index (κ1) is 12.7. The van der Waals surface area contributed by atoms with Crippen LogP contribution in [0.15, 0.2) is 11.6 Å². The number of carbonyl (C=O) groups excluding carboxylic acids is 1. The molecule has 1 N–H and O–H groups in total. The van der Waals surface area contributed by atoms with Gasteiger partial charge in [0.2, 0.25) is 0 Å². The van der Waals surface area contributed by atoms with Crippen LogP contribution in [0, 0.1) is 5.92 Å². The third-order valence-corrected chi connectivity index (χ3v) is 1.63. The van der Waals surface area contributed by atoms with E-state index in [0.29, 0.717) is 0 Å². The molecule has 0 bridgehead atoms. The van der Waals surface area contributed by atoms with E-state index in [1.807, 2.05) is 13.8 Å². The van der Waals surface area contributed by atoms with Crippen LogP contribution in [0.2, 0.25) is 0 Å². The van der Waals surface area contributed by atoms with E-state index in [2.05, 4.69) is 4.74 Å². The average molecular weight is 200 g/mol. The number of carboxylic acids is 1. The van der Waals surface area contributed by atoms with Crippen molar-refractivity contribution in [1.29, 1.82) is 0 Å². The molecule has 0 spiro atoms. The molecule has 0 amide bonds. The standard InChI is InChI=1S/C10H16O4/c1-4-14-10(13)8(9(11)12)6-5-7(2)3/h5,8H,4,6H2,1-3H3,(H,11,12). The van der Waals surface area contributed by atoms with Gasteiger partial charge < -0.3 is 9.84 Å². The molecule has 0 rings (SSSR count). The van der Waals surface area contributed by atoms with Crippen molar-refractivity contribution >= 4 is 11.9 Å². The molecule has 0 aromatic carbocycles. The van der Waals surface area contributed by atoms with Crippen LogP contribution < -0.4 is 0 Å². The van der Waals surface area contributed by atoms with Gasteiger partial charge in [-0.25, -0.2) is 0 Å². The monoisotopic (exact) mass is 200 g/mol. The summed E-state index contributed by atoms with van der Waals surface area (Å²) in [5.41, 5.74) is 0.987. The van der Waals surface area contributed by atoms with Gasteiger partial charge in [-0.15, -0.1) is 0 Å². The zero-order valence-corrected chi connectivity index (χ0v) is 8.74. The topological polar surface area (TPSA) is 63.6 Å². The van der Waals surface area contributed by atoms with Crippen LogP contribution in [0.25, 0.3) is 0 Å². The van der Waals surface area contributed by atoms with Crippen molar-refractivity contribution in [3.63, 3.8) is 0 Å². The maximum absolute atomic E-state index is 11.2. The summed E-state index contributed by atoms with van der Waals surface area (Å²) in [7, 11) is 0. The third kappa shape index (κ3) is 4.64. The van der Waals surface area contributed by atoms with E-state index in [9.17, 15) is 9.59 Å². The van der Waals surface area contributed by atoms with Gasteiger partial charge in [0.05, 0.1) is 6.61 Å². The van der Waals surface area contributed by atoms with Crippen molar-refractivity contribution in [1.82, 2.24) is 0 Å². The van der Waals surface area contributed by atoms with Crippen molar-refractivity contribution in [2.75, 3.05) is 6.61 Å². The molecule has 0 saturated carbocycles. The Morgan fingerprint density at radius 1 is 1.43 bits per heavy atom. The minimum absolute atomic E-state index is 0.191. The zero-order valence-electron chi connectivity index (χ0n) is 8.74. The molecule has 80 valence electrons. The summed E-state index contributed by atoms with van der Waals surface area (Å²) in [6, 6.07) is 0. The van der Waals surface area contributed by atoms with Gasteiger partial charge in [0, 0.05) is 0 Å². The Morgan fingerprint density at radius 3 is 2.36 bits per heavy atom. The number of hydrogen-bond acceptors (Lipinski definition) is 3. The fourth-order valence-corrected chi connectivity index (χ4v) is 0.894. The predicted octanol–water partition coefficient (Wildman–Crippen LogP) is 1.61. The molecule has 1 atom stereocenters. The summed E-state index contributed by atoms with van der Waals surface area (Å²) >= 11 is 0. The molecule has 0 aromatic heterocycles. The van der Waals surface area contributed by atoms with Crippen molar-refractivity contribution < 1.29 is 19.4 Å². The number of aliphatic carboxylic acids is 1. The number of esters is 1. The van der Waals surface area contributed by atoms with Crippen LogP contribution in [-0.2, 0) is 14.3 Å². The van der Waals surface area contributed by atoms with Gasteiger partial charge in [0.15, 0.2) is 5.92 Å². The SMILES string of the molecule is CCOC(=O)C(CC=C(C)C)C(=O)O. The highest BCUT2D eigenvalue weighted by atomic mass is 16.5. The highest BCUT2D eigenvalue weighted by molar-refractivity contribution is 5.94. The third-order valence-electron chi connectivity index (χ3n) is 1.63. The zero-order chi connectivity index (χ0) is 11.1. The number of ether oxygens (including phenoxy) is 1. The number of hydrogen-bond donors (Lipinski definition) is 1. The van der Waals surface area contributed by atoms with Crippen LogP contribution in [0.4, 0.5) is 0 Å². The predicted molar refractivity (Wildman–Crippen MR) is 51.8 cm³/mol. The number of carboxylic acid groups (broad SMARTS) is 1. The fraction of sp³-hybridized carbons (Fsp3) is 0.600. The fourth-order valence-electron chi connectivity index (χ4n) is 0.894. The van der Waals surface area contributed by atoms with E-state index in [0.717, 1.165) is 5.57 Å². The number of carbonyl (C=O) groups is 2. The Balaban J connectivity index is 4.37. The summed E-state index contributed by atoms with van der Waals surface area (Å²) in [6.45, 7) is 5.56. The van der Waals surface area contributed by atoms with E-state index in [4.69, 9.17) is 5.11 Å². The van der Waals surface area contributed by atoms with E-state index in [-0.39, 0.29) is 13.0 Å². The molecule has 4 heteroatoms. The molecule has 0 aliphatic heterocycles. The maximum Gasteiger partial charge on any atom is 0.320 e. The summed E-state index contributed by atoms with van der Waals surface area (Å²) < 4.78 is 4.65. The quantitative estimate of drug-likeness (QED) is 0.416. The van der Waals surface area contributed by atoms with Crippen LogP contribution >= 0.6 is 0 Å². The minimum Gasteiger partial charge on any atom is -0.481 e. The lowest BCUT2D eigenvalue weighted by atomic mass is 10.0. The van der Waals surface area contributed by atoms with Crippen LogP contribution in [0.3, 0.4) is 0 Å². The van der Waals surface area contributed by atoms with Crippen molar-refractivity contribution in [2.24, 2.45) is 5.92 Å². The van der Waals surface area contributed by atoms with Gasteiger partial charge in [0.1, 0.15) is 0 Å². The second kappa shape index (κ2) is 6.18. The van der Waals surface area contributed by atoms with Crippen LogP contribution in [0.1, 0.15) is 27.2 Å². The molecule has 0 heterocycles. The maximum atomic E-state index is 11.2. The largest absolute Gasteiger partial charge is 0.481 e. The molecule has 0 radical (unpaired) electrons. The van der Waals surface area contributed by atoms with E-state index in [1.165, 1.54) is 0 Å². The molecule has 0 aliphatic rings. The average Bonchev–Trinajstić information content (AvgIpc) is 2.03. The number of rotatable bonds is 5. The molecular formula is C10H16O4. The molecule has 0 aromatic rings. The lowest BCUT2D eigenvalue weighted by molar-refractivity contribution is -0.158. The highest BCUT2D eigenvalue weighted by Crippen LogP contribution is 2.09. The molecular weight excluding hydrogens is 184 g/mol. The Labute approximate surface area is 83.6 Å². The molecule has 0 saturated heterocycles. The summed E-state index contributed by atoms with van der Waals surface area (Å²) in [5.74, 6) is -2.89. The Hall–Kier alpha value is -1.32. The van der Waals surface area contributed by atoms with Crippen molar-refractivity contribution in [3.8, 4) is 0 Å². The second-order valence-corrected chi connectivity index (χ2v) is 3.16. The molecule has 14 heavy (non-hydrogen) atoms. The smallest absolute Gasteiger partial charge is 0.320 e. The van der Waals surface area contributed by atoms with E-state index in [1.54, 1.807) is 13.0 Å². The van der Waals surface area contributed by atoms with E-state index >= 15 is 0 Å². The van der Waals surface area contributed by atoms with Gasteiger partial charge >= 0.3 is 11.9 Å². The molecule has 4 nitrogen and oxygen atoms in total. The molecule has 1 unspecified atom stereocenters. The van der Waals surface area contributed by atoms with Gasteiger partial charge in [-0.1, -0.05) is 11.6 Å². The molecule has 0 aliphatic carbocycles. The Kier molecular flexibility index (Phi) is 5.60. The second-order valence-electron chi connectivity index (χ2n) is 3.16. The Bertz CT molecular complexity index is 239. The number of allylic oxidation sites excluding steroid dienone is 2. The van der Waals surface area contributed by atoms with Gasteiger partial charge in [-0.3, -0.25) is 9.59 Å². The van der Waals surface area contributed by atoms with Crippen LogP contribution in [0.5, 0.6) is 0 Å². The highest BCUT2D eigenvalue weighted by Gasteiger charge is 2.26. The lowest BCUT2D eigenvalue weighted by Crippen LogP contribution is -2.25. The normalized spacial score (nSPS) is 11.6. The summed E-state index contributed by atoms with van der Waals surface area (Å²) in [6.07, 6.45) is 1.91. The first-order chi connectivity index (χ1) is 6.49. The summed E-state index contributed by atoms with van der Waals surface area (Å²) in [5, 5.41) is 8.75. The lowest BCUT2D eigenvalue weighted by Gasteiger charge is -2.08. The summed E-state index contributed by atoms with van der Waals surface area (Å²) in [4.78, 5) is 21.9. The first-order valence-electron chi connectivity index (χ1n) is 4.51. The van der Waals surface area contributed by atoms with Crippen molar-refractivity contribution in [2.45, 2.75) is 27.2 Å². The van der Waals surface area contributed by atoms with Gasteiger partial charge in [0.25, 0.3) is 0 Å². The molecule has 0 fully saturated rings. The van der Waals surface area contributed by atoms with Crippen LogP contribution in [-0.4, -0.2) is 23.7 Å². The van der Waals surface area contributed by atoms with Gasteiger partial charge in [-0.2, -0.15) is 0 Å². The first-order valence-corrected chi connectivity index (χ1v) is 4.51. The minimum atomic E-state index is -1.14. The van der Waals surface area contributed by atoms with E-state index < -0.39 is 17.9 Å².